The molecule has 1 fully saturated rings. The SMILES string of the molecule is COc1ccc(S(=O)(=O)N2CCC(C)CC2)cc1C(=O)NC(C)(C)Cc1ccccc1. The molecule has 31 heavy (non-hydrogen) atoms. The van der Waals surface area contributed by atoms with E-state index in [9.17, 15) is 13.2 Å². The van der Waals surface area contributed by atoms with Crippen molar-refractivity contribution in [3.8, 4) is 5.75 Å². The van der Waals surface area contributed by atoms with Gasteiger partial charge in [0, 0.05) is 18.6 Å². The van der Waals surface area contributed by atoms with Gasteiger partial charge in [0.25, 0.3) is 5.91 Å². The van der Waals surface area contributed by atoms with Crippen LogP contribution in [0.4, 0.5) is 0 Å². The van der Waals surface area contributed by atoms with Gasteiger partial charge in [-0.2, -0.15) is 4.31 Å². The molecule has 6 nitrogen and oxygen atoms in total. The van der Waals surface area contributed by atoms with Crippen molar-refractivity contribution in [3.63, 3.8) is 0 Å². The van der Waals surface area contributed by atoms with Crippen LogP contribution in [-0.2, 0) is 16.4 Å². The van der Waals surface area contributed by atoms with E-state index in [0.717, 1.165) is 18.4 Å². The molecule has 2 aromatic rings. The Morgan fingerprint density at radius 2 is 1.77 bits per heavy atom. The molecule has 0 bridgehead atoms. The number of ether oxygens (including phenoxy) is 1. The Morgan fingerprint density at radius 1 is 1.13 bits per heavy atom. The van der Waals surface area contributed by atoms with Gasteiger partial charge in [-0.05, 0) is 62.8 Å². The highest BCUT2D eigenvalue weighted by molar-refractivity contribution is 7.89. The second kappa shape index (κ2) is 9.40. The Labute approximate surface area is 185 Å². The molecule has 7 heteroatoms. The summed E-state index contributed by atoms with van der Waals surface area (Å²) in [7, 11) is -2.19. The Kier molecular flexibility index (Phi) is 7.06. The first-order valence-electron chi connectivity index (χ1n) is 10.7. The molecule has 0 aromatic heterocycles. The number of carbonyl (C=O) groups is 1. The zero-order valence-corrected chi connectivity index (χ0v) is 19.5. The van der Waals surface area contributed by atoms with Gasteiger partial charge < -0.3 is 10.1 Å². The van der Waals surface area contributed by atoms with Crippen LogP contribution in [0.5, 0.6) is 5.75 Å². The van der Waals surface area contributed by atoms with Crippen molar-refractivity contribution in [2.45, 2.75) is 50.5 Å². The lowest BCUT2D eigenvalue weighted by Crippen LogP contribution is -2.45. The number of piperidine rings is 1. The number of methoxy groups -OCH3 is 1. The van der Waals surface area contributed by atoms with Crippen molar-refractivity contribution in [2.24, 2.45) is 5.92 Å². The Morgan fingerprint density at radius 3 is 2.39 bits per heavy atom. The van der Waals surface area contributed by atoms with Gasteiger partial charge in [-0.15, -0.1) is 0 Å². The van der Waals surface area contributed by atoms with Crippen LogP contribution in [0.15, 0.2) is 53.4 Å². The Balaban J connectivity index is 1.84. The highest BCUT2D eigenvalue weighted by Crippen LogP contribution is 2.28. The Bertz CT molecular complexity index is 1010. The first-order valence-corrected chi connectivity index (χ1v) is 12.1. The van der Waals surface area contributed by atoms with E-state index in [-0.39, 0.29) is 16.4 Å². The highest BCUT2D eigenvalue weighted by Gasteiger charge is 2.30. The smallest absolute Gasteiger partial charge is 0.255 e. The molecule has 0 radical (unpaired) electrons. The molecule has 1 aliphatic heterocycles. The molecule has 0 saturated carbocycles. The number of benzene rings is 2. The largest absolute Gasteiger partial charge is 0.496 e. The lowest BCUT2D eigenvalue weighted by atomic mass is 9.94. The van der Waals surface area contributed by atoms with Gasteiger partial charge in [0.1, 0.15) is 5.75 Å². The van der Waals surface area contributed by atoms with Crippen LogP contribution in [0.25, 0.3) is 0 Å². The molecule has 1 saturated heterocycles. The van der Waals surface area contributed by atoms with Crippen molar-refractivity contribution >= 4 is 15.9 Å². The van der Waals surface area contributed by atoms with Gasteiger partial charge in [-0.1, -0.05) is 37.3 Å². The number of rotatable bonds is 7. The third-order valence-electron chi connectivity index (χ3n) is 5.74. The third kappa shape index (κ3) is 5.66. The fourth-order valence-electron chi connectivity index (χ4n) is 3.92. The van der Waals surface area contributed by atoms with E-state index in [1.165, 1.54) is 23.5 Å². The summed E-state index contributed by atoms with van der Waals surface area (Å²) in [5.74, 6) is 0.511. The van der Waals surface area contributed by atoms with E-state index in [0.29, 0.717) is 31.2 Å². The first kappa shape index (κ1) is 23.3. The standard InChI is InChI=1S/C24H32N2O4S/c1-18-12-14-26(15-13-18)31(28,29)20-10-11-22(30-4)21(16-20)23(27)25-24(2,3)17-19-8-6-5-7-9-19/h5-11,16,18H,12-15,17H2,1-4H3,(H,25,27). The summed E-state index contributed by atoms with van der Waals surface area (Å²) in [6.45, 7) is 7.03. The molecule has 0 spiro atoms. The zero-order chi connectivity index (χ0) is 22.6. The van der Waals surface area contributed by atoms with Crippen LogP contribution in [0.2, 0.25) is 0 Å². The minimum Gasteiger partial charge on any atom is -0.496 e. The van der Waals surface area contributed by atoms with Gasteiger partial charge in [0.05, 0.1) is 17.6 Å². The lowest BCUT2D eigenvalue weighted by Gasteiger charge is -2.30. The van der Waals surface area contributed by atoms with Crippen LogP contribution in [-0.4, -0.2) is 44.4 Å². The average Bonchev–Trinajstić information content (AvgIpc) is 2.73. The predicted molar refractivity (Wildman–Crippen MR) is 122 cm³/mol. The maximum Gasteiger partial charge on any atom is 0.255 e. The molecule has 1 aliphatic rings. The van der Waals surface area contributed by atoms with Crippen LogP contribution in [0, 0.1) is 5.92 Å². The topological polar surface area (TPSA) is 75.7 Å². The van der Waals surface area contributed by atoms with Crippen molar-refractivity contribution in [1.82, 2.24) is 9.62 Å². The number of nitrogens with one attached hydrogen (secondary N) is 1. The molecule has 1 heterocycles. The maximum atomic E-state index is 13.1. The number of hydrogen-bond acceptors (Lipinski definition) is 4. The second-order valence-electron chi connectivity index (χ2n) is 8.95. The minimum absolute atomic E-state index is 0.119. The maximum absolute atomic E-state index is 13.1. The second-order valence-corrected chi connectivity index (χ2v) is 10.9. The van der Waals surface area contributed by atoms with E-state index < -0.39 is 15.6 Å². The summed E-state index contributed by atoms with van der Waals surface area (Å²) in [6.07, 6.45) is 2.33. The molecular formula is C24H32N2O4S. The molecule has 1 amide bonds. The number of amides is 1. The van der Waals surface area contributed by atoms with Crippen molar-refractivity contribution in [2.75, 3.05) is 20.2 Å². The van der Waals surface area contributed by atoms with Crippen LogP contribution < -0.4 is 10.1 Å². The van der Waals surface area contributed by atoms with E-state index in [4.69, 9.17) is 4.74 Å². The Hall–Kier alpha value is -2.38. The summed E-state index contributed by atoms with van der Waals surface area (Å²) >= 11 is 0. The third-order valence-corrected chi connectivity index (χ3v) is 7.63. The van der Waals surface area contributed by atoms with E-state index in [1.54, 1.807) is 6.07 Å². The van der Waals surface area contributed by atoms with Crippen molar-refractivity contribution in [3.05, 3.63) is 59.7 Å². The summed E-state index contributed by atoms with van der Waals surface area (Å²) in [4.78, 5) is 13.2. The average molecular weight is 445 g/mol. The highest BCUT2D eigenvalue weighted by atomic mass is 32.2. The summed E-state index contributed by atoms with van der Waals surface area (Å²) in [6, 6.07) is 14.4. The molecule has 168 valence electrons. The fraction of sp³-hybridized carbons (Fsp3) is 0.458. The zero-order valence-electron chi connectivity index (χ0n) is 18.7. The van der Waals surface area contributed by atoms with Gasteiger partial charge in [0.15, 0.2) is 0 Å². The van der Waals surface area contributed by atoms with Gasteiger partial charge >= 0.3 is 0 Å². The number of sulfonamides is 1. The van der Waals surface area contributed by atoms with Gasteiger partial charge in [0.2, 0.25) is 10.0 Å². The van der Waals surface area contributed by atoms with Crippen molar-refractivity contribution < 1.29 is 17.9 Å². The van der Waals surface area contributed by atoms with E-state index in [1.807, 2.05) is 44.2 Å². The number of carbonyl (C=O) groups excluding carboxylic acids is 1. The number of hydrogen-bond donors (Lipinski definition) is 1. The van der Waals surface area contributed by atoms with Gasteiger partial charge in [-0.3, -0.25) is 4.79 Å². The number of nitrogens with zero attached hydrogens (tertiary/aromatic N) is 1. The van der Waals surface area contributed by atoms with Crippen LogP contribution in [0.3, 0.4) is 0 Å². The van der Waals surface area contributed by atoms with E-state index >= 15 is 0 Å². The molecule has 0 atom stereocenters. The first-order chi connectivity index (χ1) is 14.6. The van der Waals surface area contributed by atoms with Crippen LogP contribution in [0.1, 0.15) is 49.5 Å². The summed E-state index contributed by atoms with van der Waals surface area (Å²) in [5, 5.41) is 3.03. The molecule has 2 aromatic carbocycles. The van der Waals surface area contributed by atoms with Crippen LogP contribution >= 0.6 is 0 Å². The summed E-state index contributed by atoms with van der Waals surface area (Å²) in [5.41, 5.74) is 0.798. The quantitative estimate of drug-likeness (QED) is 0.703. The summed E-state index contributed by atoms with van der Waals surface area (Å²) < 4.78 is 33.2. The molecule has 0 aliphatic carbocycles. The van der Waals surface area contributed by atoms with E-state index in [2.05, 4.69) is 12.2 Å². The molecular weight excluding hydrogens is 412 g/mol. The predicted octanol–water partition coefficient (Wildman–Crippen LogP) is 3.87. The molecule has 0 unspecified atom stereocenters. The normalized spacial score (nSPS) is 16.1. The monoisotopic (exact) mass is 444 g/mol. The van der Waals surface area contributed by atoms with Gasteiger partial charge in [-0.25, -0.2) is 8.42 Å². The lowest BCUT2D eigenvalue weighted by molar-refractivity contribution is 0.0909. The fourth-order valence-corrected chi connectivity index (χ4v) is 5.42. The molecule has 3 rings (SSSR count). The minimum atomic E-state index is -3.66. The van der Waals surface area contributed by atoms with Crippen molar-refractivity contribution in [1.29, 1.82) is 0 Å². The molecule has 1 N–H and O–H groups in total.